The number of morpholine rings is 1. The van der Waals surface area contributed by atoms with Gasteiger partial charge in [-0.15, -0.1) is 6.58 Å². The first kappa shape index (κ1) is 15.3. The molecule has 120 valence electrons. The van der Waals surface area contributed by atoms with Gasteiger partial charge in [-0.2, -0.15) is 0 Å². The van der Waals surface area contributed by atoms with E-state index in [4.69, 9.17) is 9.47 Å². The normalized spacial score (nSPS) is 26.9. The van der Waals surface area contributed by atoms with Gasteiger partial charge in [-0.05, 0) is 0 Å². The molecule has 1 atom stereocenters. The van der Waals surface area contributed by atoms with Gasteiger partial charge >= 0.3 is 0 Å². The largest absolute Gasteiger partial charge is 0.377 e. The second-order valence-corrected chi connectivity index (χ2v) is 5.73. The monoisotopic (exact) mass is 308 g/mol. The molecule has 1 aromatic heterocycles. The maximum absolute atomic E-state index is 13.0. The maximum atomic E-state index is 13.0. The van der Waals surface area contributed by atoms with Crippen molar-refractivity contribution in [3.63, 3.8) is 0 Å². The van der Waals surface area contributed by atoms with Gasteiger partial charge in [0, 0.05) is 26.2 Å². The van der Waals surface area contributed by atoms with Crippen molar-refractivity contribution in [2.75, 3.05) is 57.4 Å². The summed E-state index contributed by atoms with van der Waals surface area (Å²) in [5.74, 6) is 0.102. The molecular weight excluding hydrogens is 287 g/mol. The van der Waals surface area contributed by atoms with Crippen LogP contribution in [0.4, 0.5) is 10.3 Å². The van der Waals surface area contributed by atoms with E-state index in [9.17, 15) is 4.39 Å². The van der Waals surface area contributed by atoms with E-state index in [-0.39, 0.29) is 0 Å². The highest BCUT2D eigenvalue weighted by molar-refractivity contribution is 5.31. The van der Waals surface area contributed by atoms with E-state index in [1.165, 1.54) is 12.4 Å². The van der Waals surface area contributed by atoms with E-state index in [1.54, 1.807) is 0 Å². The van der Waals surface area contributed by atoms with Crippen molar-refractivity contribution < 1.29 is 13.9 Å². The van der Waals surface area contributed by atoms with E-state index in [0.717, 1.165) is 19.6 Å². The second-order valence-electron chi connectivity index (χ2n) is 5.73. The van der Waals surface area contributed by atoms with Crippen LogP contribution >= 0.6 is 0 Å². The van der Waals surface area contributed by atoms with Crippen LogP contribution in [0.25, 0.3) is 0 Å². The zero-order valence-corrected chi connectivity index (χ0v) is 12.6. The lowest BCUT2D eigenvalue weighted by Crippen LogP contribution is -2.59. The lowest BCUT2D eigenvalue weighted by atomic mass is 10.0. The number of nitrogens with zero attached hydrogens (tertiary/aromatic N) is 4. The van der Waals surface area contributed by atoms with Crippen LogP contribution in [0.3, 0.4) is 0 Å². The van der Waals surface area contributed by atoms with Crippen LogP contribution in [-0.2, 0) is 9.47 Å². The summed E-state index contributed by atoms with van der Waals surface area (Å²) in [6, 6.07) is 0. The molecule has 7 heteroatoms. The van der Waals surface area contributed by atoms with Gasteiger partial charge in [0.05, 0.1) is 38.8 Å². The zero-order chi connectivity index (χ0) is 15.4. The van der Waals surface area contributed by atoms with E-state index >= 15 is 0 Å². The third kappa shape index (κ3) is 3.43. The molecule has 0 aromatic carbocycles. The molecule has 0 amide bonds. The summed E-state index contributed by atoms with van der Waals surface area (Å²) in [5.41, 5.74) is -0.407. The fraction of sp³-hybridized carbons (Fsp3) is 0.600. The summed E-state index contributed by atoms with van der Waals surface area (Å²) in [5, 5.41) is 0. The minimum atomic E-state index is -0.429. The summed E-state index contributed by atoms with van der Waals surface area (Å²) < 4.78 is 24.8. The molecule has 1 spiro atoms. The van der Waals surface area contributed by atoms with Gasteiger partial charge in [-0.25, -0.2) is 14.4 Å². The summed E-state index contributed by atoms with van der Waals surface area (Å²) in [7, 11) is 0. The molecule has 1 aromatic rings. The van der Waals surface area contributed by atoms with Gasteiger partial charge in [0.1, 0.15) is 5.60 Å². The Bertz CT molecular complexity index is 513. The predicted octanol–water partition coefficient (Wildman–Crippen LogP) is 0.709. The standard InChI is InChI=1S/C15H21FN4O2/c1-2-3-19-4-6-21-12-15(10-19)11-20(5-7-22-15)14-17-8-13(16)9-18-14/h2,8-9H,1,3-7,10-12H2/t15-/m1/s1. The first-order valence-electron chi connectivity index (χ1n) is 7.48. The number of halogens is 1. The smallest absolute Gasteiger partial charge is 0.225 e. The average Bonchev–Trinajstić information content (AvgIpc) is 2.71. The van der Waals surface area contributed by atoms with Crippen molar-refractivity contribution in [2.24, 2.45) is 0 Å². The highest BCUT2D eigenvalue weighted by Crippen LogP contribution is 2.24. The molecule has 2 aliphatic rings. The van der Waals surface area contributed by atoms with Crippen LogP contribution < -0.4 is 4.90 Å². The number of hydrogen-bond acceptors (Lipinski definition) is 6. The Morgan fingerprint density at radius 2 is 2.09 bits per heavy atom. The van der Waals surface area contributed by atoms with E-state index < -0.39 is 11.4 Å². The molecule has 2 aliphatic heterocycles. The highest BCUT2D eigenvalue weighted by Gasteiger charge is 2.40. The quantitative estimate of drug-likeness (QED) is 0.767. The van der Waals surface area contributed by atoms with Crippen LogP contribution in [0, 0.1) is 5.82 Å². The summed E-state index contributed by atoms with van der Waals surface area (Å²) in [4.78, 5) is 12.4. The highest BCUT2D eigenvalue weighted by atomic mass is 19.1. The van der Waals surface area contributed by atoms with Crippen molar-refractivity contribution in [1.29, 1.82) is 0 Å². The van der Waals surface area contributed by atoms with Gasteiger partial charge < -0.3 is 14.4 Å². The summed E-state index contributed by atoms with van der Waals surface area (Å²) >= 11 is 0. The molecule has 0 unspecified atom stereocenters. The van der Waals surface area contributed by atoms with Crippen molar-refractivity contribution in [2.45, 2.75) is 5.60 Å². The molecule has 22 heavy (non-hydrogen) atoms. The molecule has 2 saturated heterocycles. The van der Waals surface area contributed by atoms with Gasteiger partial charge in [0.15, 0.2) is 5.82 Å². The van der Waals surface area contributed by atoms with Crippen LogP contribution in [0.5, 0.6) is 0 Å². The number of rotatable bonds is 3. The summed E-state index contributed by atoms with van der Waals surface area (Å²) in [6.45, 7) is 9.37. The minimum Gasteiger partial charge on any atom is -0.377 e. The number of hydrogen-bond donors (Lipinski definition) is 0. The molecule has 6 nitrogen and oxygen atoms in total. The Hall–Kier alpha value is -1.57. The van der Waals surface area contributed by atoms with Crippen LogP contribution in [0.2, 0.25) is 0 Å². The lowest BCUT2D eigenvalue weighted by molar-refractivity contribution is -0.0992. The molecule has 0 bridgehead atoms. The first-order chi connectivity index (χ1) is 10.7. The Kier molecular flexibility index (Phi) is 4.66. The molecular formula is C15H21FN4O2. The second kappa shape index (κ2) is 6.68. The Labute approximate surface area is 129 Å². The van der Waals surface area contributed by atoms with Gasteiger partial charge in [0.25, 0.3) is 0 Å². The number of anilines is 1. The lowest BCUT2D eigenvalue weighted by Gasteiger charge is -2.43. The molecule has 3 heterocycles. The Balaban J connectivity index is 1.75. The Morgan fingerprint density at radius 1 is 1.27 bits per heavy atom. The van der Waals surface area contributed by atoms with Crippen LogP contribution in [0.15, 0.2) is 25.0 Å². The van der Waals surface area contributed by atoms with Crippen LogP contribution in [-0.4, -0.2) is 73.0 Å². The zero-order valence-electron chi connectivity index (χ0n) is 12.6. The fourth-order valence-corrected chi connectivity index (χ4v) is 2.99. The van der Waals surface area contributed by atoms with Gasteiger partial charge in [0.2, 0.25) is 5.95 Å². The SMILES string of the molecule is C=CCN1CCOC[C@@]2(C1)CN(c1ncc(F)cn1)CCO2. The Morgan fingerprint density at radius 3 is 2.86 bits per heavy atom. The van der Waals surface area contributed by atoms with E-state index in [1.807, 2.05) is 11.0 Å². The third-order valence-electron chi connectivity index (χ3n) is 3.95. The van der Waals surface area contributed by atoms with Gasteiger partial charge in [-0.1, -0.05) is 6.08 Å². The number of ether oxygens (including phenoxy) is 2. The molecule has 0 N–H and O–H groups in total. The average molecular weight is 308 g/mol. The van der Waals surface area contributed by atoms with E-state index in [2.05, 4.69) is 21.4 Å². The third-order valence-corrected chi connectivity index (χ3v) is 3.95. The van der Waals surface area contributed by atoms with Crippen molar-refractivity contribution in [3.05, 3.63) is 30.9 Å². The van der Waals surface area contributed by atoms with Gasteiger partial charge in [-0.3, -0.25) is 4.90 Å². The topological polar surface area (TPSA) is 50.7 Å². The van der Waals surface area contributed by atoms with E-state index in [0.29, 0.717) is 38.9 Å². The molecule has 3 rings (SSSR count). The van der Waals surface area contributed by atoms with Crippen LogP contribution in [0.1, 0.15) is 0 Å². The summed E-state index contributed by atoms with van der Waals surface area (Å²) in [6.07, 6.45) is 4.28. The molecule has 0 saturated carbocycles. The fourth-order valence-electron chi connectivity index (χ4n) is 2.99. The van der Waals surface area contributed by atoms with Crippen molar-refractivity contribution >= 4 is 5.95 Å². The minimum absolute atomic E-state index is 0.407. The molecule has 2 fully saturated rings. The molecule has 0 aliphatic carbocycles. The van der Waals surface area contributed by atoms with Crippen molar-refractivity contribution in [3.8, 4) is 0 Å². The maximum Gasteiger partial charge on any atom is 0.225 e. The van der Waals surface area contributed by atoms with Crippen molar-refractivity contribution in [1.82, 2.24) is 14.9 Å². The first-order valence-corrected chi connectivity index (χ1v) is 7.48. The number of aromatic nitrogens is 2. The predicted molar refractivity (Wildman–Crippen MR) is 80.3 cm³/mol. The molecule has 0 radical (unpaired) electrons.